The zero-order chi connectivity index (χ0) is 17.2. The maximum Gasteiger partial charge on any atom is 0.231 e. The predicted octanol–water partition coefficient (Wildman–Crippen LogP) is 3.40. The molecule has 0 unspecified atom stereocenters. The molecule has 3 aromatic rings. The second kappa shape index (κ2) is 6.68. The Balaban J connectivity index is 1.42. The van der Waals surface area contributed by atoms with Gasteiger partial charge in [0.2, 0.25) is 11.7 Å². The van der Waals surface area contributed by atoms with Gasteiger partial charge in [-0.2, -0.15) is 4.98 Å². The summed E-state index contributed by atoms with van der Waals surface area (Å²) in [7, 11) is 0. The molecule has 0 bridgehead atoms. The van der Waals surface area contributed by atoms with Crippen molar-refractivity contribution in [2.75, 3.05) is 13.1 Å². The minimum Gasteiger partial charge on any atom is -0.339 e. The molecule has 0 aliphatic carbocycles. The van der Waals surface area contributed by atoms with Gasteiger partial charge in [-0.3, -0.25) is 9.88 Å². The first-order valence-electron chi connectivity index (χ1n) is 8.09. The molecule has 5 nitrogen and oxygen atoms in total. The Labute approximate surface area is 143 Å². The van der Waals surface area contributed by atoms with Gasteiger partial charge in [-0.25, -0.2) is 8.78 Å². The van der Waals surface area contributed by atoms with Gasteiger partial charge < -0.3 is 4.52 Å². The van der Waals surface area contributed by atoms with Gasteiger partial charge in [0.05, 0.1) is 5.92 Å². The minimum absolute atomic E-state index is 0.142. The number of likely N-dealkylation sites (tertiary alicyclic amines) is 1. The van der Waals surface area contributed by atoms with E-state index < -0.39 is 11.6 Å². The van der Waals surface area contributed by atoms with Crippen LogP contribution in [0.4, 0.5) is 8.78 Å². The third kappa shape index (κ3) is 3.41. The SMILES string of the molecule is Fc1ccc(CN2CC[C@H](c3nc(-c4cccnc4)no3)C2)cc1F. The molecule has 2 aromatic heterocycles. The van der Waals surface area contributed by atoms with E-state index in [2.05, 4.69) is 20.0 Å². The summed E-state index contributed by atoms with van der Waals surface area (Å²) in [6.45, 7) is 2.15. The van der Waals surface area contributed by atoms with Gasteiger partial charge in [0, 0.05) is 31.0 Å². The van der Waals surface area contributed by atoms with Gasteiger partial charge in [-0.15, -0.1) is 0 Å². The Hall–Kier alpha value is -2.67. The molecule has 1 atom stereocenters. The third-order valence-electron chi connectivity index (χ3n) is 4.37. The fraction of sp³-hybridized carbons (Fsp3) is 0.278. The van der Waals surface area contributed by atoms with Crippen LogP contribution in [-0.2, 0) is 6.54 Å². The van der Waals surface area contributed by atoms with Crippen molar-refractivity contribution in [3.63, 3.8) is 0 Å². The highest BCUT2D eigenvalue weighted by molar-refractivity contribution is 5.51. The zero-order valence-corrected chi connectivity index (χ0v) is 13.4. The van der Waals surface area contributed by atoms with E-state index in [0.717, 1.165) is 36.7 Å². The summed E-state index contributed by atoms with van der Waals surface area (Å²) in [6, 6.07) is 7.72. The van der Waals surface area contributed by atoms with Crippen molar-refractivity contribution in [1.82, 2.24) is 20.0 Å². The maximum atomic E-state index is 13.3. The van der Waals surface area contributed by atoms with E-state index >= 15 is 0 Å². The highest BCUT2D eigenvalue weighted by atomic mass is 19.2. The second-order valence-corrected chi connectivity index (χ2v) is 6.17. The lowest BCUT2D eigenvalue weighted by atomic mass is 10.1. The van der Waals surface area contributed by atoms with E-state index in [0.29, 0.717) is 18.3 Å². The molecule has 1 saturated heterocycles. The Morgan fingerprint density at radius 3 is 2.92 bits per heavy atom. The Morgan fingerprint density at radius 1 is 1.20 bits per heavy atom. The third-order valence-corrected chi connectivity index (χ3v) is 4.37. The van der Waals surface area contributed by atoms with Crippen molar-refractivity contribution >= 4 is 0 Å². The fourth-order valence-electron chi connectivity index (χ4n) is 3.09. The summed E-state index contributed by atoms with van der Waals surface area (Å²) < 4.78 is 31.8. The molecule has 128 valence electrons. The zero-order valence-electron chi connectivity index (χ0n) is 13.4. The minimum atomic E-state index is -0.822. The van der Waals surface area contributed by atoms with E-state index in [9.17, 15) is 8.78 Å². The fourth-order valence-corrected chi connectivity index (χ4v) is 3.09. The number of rotatable bonds is 4. The molecule has 0 radical (unpaired) electrons. The van der Waals surface area contributed by atoms with Crippen molar-refractivity contribution in [2.45, 2.75) is 18.9 Å². The summed E-state index contributed by atoms with van der Waals surface area (Å²) in [5, 5.41) is 4.03. The normalized spacial score (nSPS) is 17.9. The first-order valence-corrected chi connectivity index (χ1v) is 8.09. The molecule has 25 heavy (non-hydrogen) atoms. The van der Waals surface area contributed by atoms with Gasteiger partial charge in [0.15, 0.2) is 11.6 Å². The van der Waals surface area contributed by atoms with Gasteiger partial charge in [0.1, 0.15) is 0 Å². The smallest absolute Gasteiger partial charge is 0.231 e. The lowest BCUT2D eigenvalue weighted by Gasteiger charge is -2.15. The summed E-state index contributed by atoms with van der Waals surface area (Å²) in [5.41, 5.74) is 1.57. The molecule has 0 amide bonds. The van der Waals surface area contributed by atoms with Crippen LogP contribution < -0.4 is 0 Å². The van der Waals surface area contributed by atoms with Gasteiger partial charge in [-0.05, 0) is 42.8 Å². The molecule has 0 saturated carbocycles. The standard InChI is InChI=1S/C18H16F2N4O/c19-15-4-3-12(8-16(15)20)10-24-7-5-14(11-24)18-22-17(23-25-18)13-2-1-6-21-9-13/h1-4,6,8-9,14H,5,7,10-11H2/t14-/m0/s1. The molecule has 0 N–H and O–H groups in total. The number of benzene rings is 1. The Morgan fingerprint density at radius 2 is 2.12 bits per heavy atom. The second-order valence-electron chi connectivity index (χ2n) is 6.17. The van der Waals surface area contributed by atoms with Crippen LogP contribution in [0, 0.1) is 11.6 Å². The van der Waals surface area contributed by atoms with Crippen molar-refractivity contribution in [3.05, 3.63) is 65.8 Å². The van der Waals surface area contributed by atoms with Crippen molar-refractivity contribution in [1.29, 1.82) is 0 Å². The summed E-state index contributed by atoms with van der Waals surface area (Å²) in [5.74, 6) is -0.361. The molecule has 1 fully saturated rings. The van der Waals surface area contributed by atoms with Crippen LogP contribution >= 0.6 is 0 Å². The summed E-state index contributed by atoms with van der Waals surface area (Å²) in [4.78, 5) is 10.7. The van der Waals surface area contributed by atoms with Crippen LogP contribution in [0.15, 0.2) is 47.2 Å². The number of aromatic nitrogens is 3. The average Bonchev–Trinajstić information content (AvgIpc) is 3.28. The molecule has 1 aromatic carbocycles. The number of pyridine rings is 1. The van der Waals surface area contributed by atoms with Crippen LogP contribution in [0.2, 0.25) is 0 Å². The largest absolute Gasteiger partial charge is 0.339 e. The van der Waals surface area contributed by atoms with E-state index in [4.69, 9.17) is 4.52 Å². The van der Waals surface area contributed by atoms with Crippen molar-refractivity contribution in [2.24, 2.45) is 0 Å². The van der Waals surface area contributed by atoms with Crippen LogP contribution in [-0.4, -0.2) is 33.1 Å². The quantitative estimate of drug-likeness (QED) is 0.727. The predicted molar refractivity (Wildman–Crippen MR) is 86.5 cm³/mol. The lowest BCUT2D eigenvalue weighted by Crippen LogP contribution is -2.20. The summed E-state index contributed by atoms with van der Waals surface area (Å²) >= 11 is 0. The van der Waals surface area contributed by atoms with Gasteiger partial charge in [0.25, 0.3) is 0 Å². The molecule has 1 aliphatic heterocycles. The first kappa shape index (κ1) is 15.8. The monoisotopic (exact) mass is 342 g/mol. The van der Waals surface area contributed by atoms with E-state index in [1.165, 1.54) is 6.07 Å². The molecule has 4 rings (SSSR count). The van der Waals surface area contributed by atoms with Crippen LogP contribution in [0.1, 0.15) is 23.8 Å². The topological polar surface area (TPSA) is 55.1 Å². The Kier molecular flexibility index (Phi) is 4.23. The van der Waals surface area contributed by atoms with Crippen molar-refractivity contribution in [3.8, 4) is 11.4 Å². The Bertz CT molecular complexity index is 869. The first-order chi connectivity index (χ1) is 12.2. The van der Waals surface area contributed by atoms with Gasteiger partial charge >= 0.3 is 0 Å². The molecule has 3 heterocycles. The molecule has 0 spiro atoms. The van der Waals surface area contributed by atoms with E-state index in [-0.39, 0.29) is 5.92 Å². The van der Waals surface area contributed by atoms with E-state index in [1.54, 1.807) is 18.5 Å². The molecular weight excluding hydrogens is 326 g/mol. The highest BCUT2D eigenvalue weighted by Gasteiger charge is 2.28. The van der Waals surface area contributed by atoms with Crippen molar-refractivity contribution < 1.29 is 13.3 Å². The molecular formula is C18H16F2N4O. The maximum absolute atomic E-state index is 13.3. The number of nitrogens with zero attached hydrogens (tertiary/aromatic N) is 4. The van der Waals surface area contributed by atoms with Gasteiger partial charge in [-0.1, -0.05) is 11.2 Å². The number of halogens is 2. The molecule has 1 aliphatic rings. The lowest BCUT2D eigenvalue weighted by molar-refractivity contribution is 0.308. The molecule has 7 heteroatoms. The van der Waals surface area contributed by atoms with E-state index in [1.807, 2.05) is 12.1 Å². The van der Waals surface area contributed by atoms with Crippen LogP contribution in [0.25, 0.3) is 11.4 Å². The number of hydrogen-bond acceptors (Lipinski definition) is 5. The average molecular weight is 342 g/mol. The van der Waals surface area contributed by atoms with Crippen LogP contribution in [0.3, 0.4) is 0 Å². The highest BCUT2D eigenvalue weighted by Crippen LogP contribution is 2.28. The van der Waals surface area contributed by atoms with Crippen LogP contribution in [0.5, 0.6) is 0 Å². The summed E-state index contributed by atoms with van der Waals surface area (Å²) in [6.07, 6.45) is 4.27. The number of hydrogen-bond donors (Lipinski definition) is 0.